The van der Waals surface area contributed by atoms with Gasteiger partial charge in [0, 0.05) is 0 Å². The Morgan fingerprint density at radius 2 is 2.21 bits per heavy atom. The van der Waals surface area contributed by atoms with Crippen LogP contribution in [0.25, 0.3) is 6.08 Å². The highest BCUT2D eigenvalue weighted by molar-refractivity contribution is 5.65. The van der Waals surface area contributed by atoms with E-state index in [2.05, 4.69) is 6.58 Å². The number of nitrogens with zero attached hydrogens (tertiary/aromatic N) is 1. The van der Waals surface area contributed by atoms with Crippen LogP contribution in [0.5, 0.6) is 5.75 Å². The molecule has 0 saturated carbocycles. The van der Waals surface area contributed by atoms with Crippen molar-refractivity contribution in [2.45, 2.75) is 6.92 Å². The second-order valence-corrected chi connectivity index (χ2v) is 2.79. The summed E-state index contributed by atoms with van der Waals surface area (Å²) in [6, 6.07) is 3.32. The van der Waals surface area contributed by atoms with Crippen LogP contribution >= 0.6 is 0 Å². The highest BCUT2D eigenvalue weighted by Gasteiger charge is 2.18. The number of nitro groups is 1. The lowest BCUT2D eigenvalue weighted by atomic mass is 10.1. The van der Waals surface area contributed by atoms with E-state index in [-0.39, 0.29) is 5.69 Å². The van der Waals surface area contributed by atoms with Crippen LogP contribution in [0, 0.1) is 17.0 Å². The molecule has 0 aliphatic rings. The molecule has 74 valence electrons. The van der Waals surface area contributed by atoms with Gasteiger partial charge in [-0.1, -0.05) is 12.7 Å². The fourth-order valence-electron chi connectivity index (χ4n) is 1.33. The molecule has 0 N–H and O–H groups in total. The molecule has 0 aromatic heterocycles. The molecular weight excluding hydrogens is 182 g/mol. The molecule has 0 amide bonds. The van der Waals surface area contributed by atoms with Gasteiger partial charge in [-0.25, -0.2) is 0 Å². The van der Waals surface area contributed by atoms with Crippen LogP contribution in [0.3, 0.4) is 0 Å². The van der Waals surface area contributed by atoms with E-state index in [0.717, 1.165) is 0 Å². The summed E-state index contributed by atoms with van der Waals surface area (Å²) in [5.74, 6) is 0.516. The number of methoxy groups -OCH3 is 1. The summed E-state index contributed by atoms with van der Waals surface area (Å²) in [4.78, 5) is 10.4. The third-order valence-electron chi connectivity index (χ3n) is 2.03. The minimum atomic E-state index is -0.422. The second kappa shape index (κ2) is 3.91. The van der Waals surface area contributed by atoms with Crippen molar-refractivity contribution >= 4 is 11.8 Å². The summed E-state index contributed by atoms with van der Waals surface area (Å²) in [5.41, 5.74) is 1.09. The van der Waals surface area contributed by atoms with Gasteiger partial charge < -0.3 is 4.74 Å². The van der Waals surface area contributed by atoms with E-state index in [1.165, 1.54) is 13.2 Å². The van der Waals surface area contributed by atoms with Crippen molar-refractivity contribution in [3.8, 4) is 5.75 Å². The van der Waals surface area contributed by atoms with Gasteiger partial charge in [0.25, 0.3) is 5.69 Å². The predicted octanol–water partition coefficient (Wildman–Crippen LogP) is 2.55. The summed E-state index contributed by atoms with van der Waals surface area (Å²) >= 11 is 0. The number of hydrogen-bond donors (Lipinski definition) is 0. The van der Waals surface area contributed by atoms with Crippen LogP contribution in [-0.2, 0) is 0 Å². The molecule has 1 rings (SSSR count). The lowest BCUT2D eigenvalue weighted by molar-refractivity contribution is -0.385. The molecule has 4 heteroatoms. The SMILES string of the molecule is C=Cc1ccc(OC)c(C)c1[N+](=O)[O-]. The van der Waals surface area contributed by atoms with Crippen LogP contribution in [0.15, 0.2) is 18.7 Å². The van der Waals surface area contributed by atoms with Crippen LogP contribution in [-0.4, -0.2) is 12.0 Å². The van der Waals surface area contributed by atoms with Gasteiger partial charge >= 0.3 is 0 Å². The molecule has 0 fully saturated rings. The van der Waals surface area contributed by atoms with Gasteiger partial charge in [0.2, 0.25) is 0 Å². The Morgan fingerprint density at radius 1 is 1.57 bits per heavy atom. The average molecular weight is 193 g/mol. The Hall–Kier alpha value is -1.84. The predicted molar refractivity (Wildman–Crippen MR) is 54.5 cm³/mol. The highest BCUT2D eigenvalue weighted by atomic mass is 16.6. The molecule has 0 atom stereocenters. The summed E-state index contributed by atoms with van der Waals surface area (Å²) in [6.45, 7) is 5.18. The molecule has 0 heterocycles. The zero-order valence-electron chi connectivity index (χ0n) is 8.11. The lowest BCUT2D eigenvalue weighted by Gasteiger charge is -2.06. The van der Waals surface area contributed by atoms with E-state index in [1.54, 1.807) is 19.1 Å². The number of rotatable bonds is 3. The summed E-state index contributed by atoms with van der Waals surface area (Å²) in [5, 5.41) is 10.8. The van der Waals surface area contributed by atoms with E-state index in [4.69, 9.17) is 4.74 Å². The van der Waals surface area contributed by atoms with Gasteiger partial charge in [-0.3, -0.25) is 10.1 Å². The Kier molecular flexibility index (Phi) is 2.86. The van der Waals surface area contributed by atoms with Gasteiger partial charge in [0.05, 0.1) is 23.2 Å². The number of hydrogen-bond acceptors (Lipinski definition) is 3. The maximum Gasteiger partial charge on any atom is 0.283 e. The topological polar surface area (TPSA) is 52.4 Å². The van der Waals surface area contributed by atoms with E-state index in [1.807, 2.05) is 0 Å². The molecule has 0 aliphatic carbocycles. The Bertz CT molecular complexity index is 385. The van der Waals surface area contributed by atoms with E-state index in [9.17, 15) is 10.1 Å². The number of nitro benzene ring substituents is 1. The molecule has 14 heavy (non-hydrogen) atoms. The van der Waals surface area contributed by atoms with Crippen LogP contribution < -0.4 is 4.74 Å². The zero-order chi connectivity index (χ0) is 10.7. The molecular formula is C10H11NO3. The number of benzene rings is 1. The standard InChI is InChI=1S/C10H11NO3/c1-4-8-5-6-9(14-3)7(2)10(8)11(12)13/h4-6H,1H2,2-3H3. The van der Waals surface area contributed by atoms with Crippen molar-refractivity contribution in [2.75, 3.05) is 7.11 Å². The Balaban J connectivity index is 3.46. The minimum Gasteiger partial charge on any atom is -0.496 e. The van der Waals surface area contributed by atoms with E-state index >= 15 is 0 Å². The maximum absolute atomic E-state index is 10.8. The first kappa shape index (κ1) is 10.2. The quantitative estimate of drug-likeness (QED) is 0.547. The van der Waals surface area contributed by atoms with Crippen molar-refractivity contribution in [2.24, 2.45) is 0 Å². The normalized spacial score (nSPS) is 9.57. The van der Waals surface area contributed by atoms with Crippen LogP contribution in [0.4, 0.5) is 5.69 Å². The number of ether oxygens (including phenoxy) is 1. The lowest BCUT2D eigenvalue weighted by Crippen LogP contribution is -1.97. The zero-order valence-corrected chi connectivity index (χ0v) is 8.11. The van der Waals surface area contributed by atoms with Gasteiger partial charge in [-0.2, -0.15) is 0 Å². The molecule has 1 aromatic rings. The fourth-order valence-corrected chi connectivity index (χ4v) is 1.33. The molecule has 0 unspecified atom stereocenters. The second-order valence-electron chi connectivity index (χ2n) is 2.79. The summed E-state index contributed by atoms with van der Waals surface area (Å²) in [7, 11) is 1.49. The summed E-state index contributed by atoms with van der Waals surface area (Å²) in [6.07, 6.45) is 1.46. The monoisotopic (exact) mass is 193 g/mol. The van der Waals surface area contributed by atoms with Crippen molar-refractivity contribution in [3.63, 3.8) is 0 Å². The largest absolute Gasteiger partial charge is 0.496 e. The van der Waals surface area contributed by atoms with Gasteiger partial charge in [0.15, 0.2) is 0 Å². The van der Waals surface area contributed by atoms with E-state index < -0.39 is 4.92 Å². The van der Waals surface area contributed by atoms with Gasteiger partial charge in [0.1, 0.15) is 5.75 Å². The Morgan fingerprint density at radius 3 is 2.64 bits per heavy atom. The van der Waals surface area contributed by atoms with Crippen LogP contribution in [0.2, 0.25) is 0 Å². The molecule has 4 nitrogen and oxygen atoms in total. The molecule has 0 radical (unpaired) electrons. The van der Waals surface area contributed by atoms with Crippen molar-refractivity contribution in [1.29, 1.82) is 0 Å². The minimum absolute atomic E-state index is 0.0550. The van der Waals surface area contributed by atoms with Gasteiger partial charge in [-0.05, 0) is 19.1 Å². The van der Waals surface area contributed by atoms with Crippen molar-refractivity contribution in [1.82, 2.24) is 0 Å². The smallest absolute Gasteiger partial charge is 0.283 e. The Labute approximate surface area is 82.0 Å². The average Bonchev–Trinajstić information content (AvgIpc) is 2.16. The third kappa shape index (κ3) is 1.59. The van der Waals surface area contributed by atoms with Crippen LogP contribution in [0.1, 0.15) is 11.1 Å². The molecule has 0 aliphatic heterocycles. The van der Waals surface area contributed by atoms with E-state index in [0.29, 0.717) is 16.9 Å². The van der Waals surface area contributed by atoms with Crippen molar-refractivity contribution in [3.05, 3.63) is 40.0 Å². The molecule has 0 saturated heterocycles. The first-order valence-electron chi connectivity index (χ1n) is 4.06. The third-order valence-corrected chi connectivity index (χ3v) is 2.03. The first-order valence-corrected chi connectivity index (χ1v) is 4.06. The van der Waals surface area contributed by atoms with Gasteiger partial charge in [-0.15, -0.1) is 0 Å². The van der Waals surface area contributed by atoms with Crippen molar-refractivity contribution < 1.29 is 9.66 Å². The molecule has 1 aromatic carbocycles. The molecule has 0 bridgehead atoms. The maximum atomic E-state index is 10.8. The highest BCUT2D eigenvalue weighted by Crippen LogP contribution is 2.31. The summed E-state index contributed by atoms with van der Waals surface area (Å²) < 4.78 is 5.00. The molecule has 0 spiro atoms. The first-order chi connectivity index (χ1) is 6.61. The fraction of sp³-hybridized carbons (Fsp3) is 0.200.